The van der Waals surface area contributed by atoms with E-state index in [9.17, 15) is 4.79 Å². The number of hydrogen-bond donors (Lipinski definition) is 2. The molecular weight excluding hydrogens is 300 g/mol. The molecule has 2 aromatic rings. The van der Waals surface area contributed by atoms with Crippen LogP contribution in [0.15, 0.2) is 48.7 Å². The van der Waals surface area contributed by atoms with Gasteiger partial charge in [-0.15, -0.1) is 0 Å². The molecule has 1 unspecified atom stereocenters. The summed E-state index contributed by atoms with van der Waals surface area (Å²) < 4.78 is 0. The number of nitrogens with zero attached hydrogens (tertiary/aromatic N) is 2. The summed E-state index contributed by atoms with van der Waals surface area (Å²) in [4.78, 5) is 19.1. The molecule has 0 aliphatic carbocycles. The van der Waals surface area contributed by atoms with Gasteiger partial charge in [-0.25, -0.2) is 4.98 Å². The fourth-order valence-electron chi connectivity index (χ4n) is 2.54. The zero-order valence-corrected chi connectivity index (χ0v) is 14.6. The average molecular weight is 326 g/mol. The molecule has 2 rings (SSSR count). The lowest BCUT2D eigenvalue weighted by Crippen LogP contribution is -2.48. The maximum atomic E-state index is 12.4. The van der Waals surface area contributed by atoms with E-state index in [0.717, 1.165) is 30.0 Å². The summed E-state index contributed by atoms with van der Waals surface area (Å²) in [6, 6.07) is 13.3. The molecule has 0 radical (unpaired) electrons. The standard InChI is InChI=1S/C19H26N4O/c1-4-23(5-2)17-12-11-15(13-21-17)14-22-18(24)19(3,20)16-9-7-6-8-10-16/h6-13H,4-5,14,20H2,1-3H3,(H,22,24). The second-order valence-electron chi connectivity index (χ2n) is 5.95. The monoisotopic (exact) mass is 326 g/mol. The fraction of sp³-hybridized carbons (Fsp3) is 0.368. The molecule has 0 bridgehead atoms. The molecule has 5 heteroatoms. The van der Waals surface area contributed by atoms with Crippen LogP contribution in [-0.4, -0.2) is 24.0 Å². The number of carbonyl (C=O) groups excluding carboxylic acids is 1. The van der Waals surface area contributed by atoms with Crippen molar-refractivity contribution in [3.05, 3.63) is 59.8 Å². The lowest BCUT2D eigenvalue weighted by molar-refractivity contribution is -0.126. The number of anilines is 1. The van der Waals surface area contributed by atoms with E-state index in [2.05, 4.69) is 29.0 Å². The van der Waals surface area contributed by atoms with Crippen LogP contribution in [0.2, 0.25) is 0 Å². The van der Waals surface area contributed by atoms with Crippen molar-refractivity contribution in [3.8, 4) is 0 Å². The Morgan fingerprint density at radius 1 is 1.17 bits per heavy atom. The number of pyridine rings is 1. The van der Waals surface area contributed by atoms with Crippen LogP contribution in [-0.2, 0) is 16.9 Å². The van der Waals surface area contributed by atoms with Crippen LogP contribution < -0.4 is 16.0 Å². The molecule has 1 atom stereocenters. The molecule has 0 fully saturated rings. The van der Waals surface area contributed by atoms with Crippen LogP contribution in [0.4, 0.5) is 5.82 Å². The van der Waals surface area contributed by atoms with Crippen LogP contribution in [0.3, 0.4) is 0 Å². The van der Waals surface area contributed by atoms with E-state index in [1.54, 1.807) is 13.1 Å². The van der Waals surface area contributed by atoms with Crippen molar-refractivity contribution in [2.75, 3.05) is 18.0 Å². The number of benzene rings is 1. The molecule has 0 saturated heterocycles. The molecule has 1 aromatic carbocycles. The largest absolute Gasteiger partial charge is 0.357 e. The maximum absolute atomic E-state index is 12.4. The first-order chi connectivity index (χ1) is 11.5. The minimum absolute atomic E-state index is 0.207. The molecule has 1 aromatic heterocycles. The maximum Gasteiger partial charge on any atom is 0.244 e. The molecule has 1 amide bonds. The quantitative estimate of drug-likeness (QED) is 0.820. The van der Waals surface area contributed by atoms with Gasteiger partial charge in [0, 0.05) is 25.8 Å². The van der Waals surface area contributed by atoms with E-state index < -0.39 is 5.54 Å². The van der Waals surface area contributed by atoms with Crippen LogP contribution in [0, 0.1) is 0 Å². The highest BCUT2D eigenvalue weighted by molar-refractivity contribution is 5.86. The molecule has 0 aliphatic rings. The average Bonchev–Trinajstić information content (AvgIpc) is 2.62. The number of hydrogen-bond acceptors (Lipinski definition) is 4. The van der Waals surface area contributed by atoms with E-state index in [-0.39, 0.29) is 5.91 Å². The van der Waals surface area contributed by atoms with Gasteiger partial charge in [0.25, 0.3) is 0 Å². The predicted molar refractivity (Wildman–Crippen MR) is 97.6 cm³/mol. The number of aromatic nitrogens is 1. The molecule has 24 heavy (non-hydrogen) atoms. The lowest BCUT2D eigenvalue weighted by atomic mass is 9.92. The third-order valence-electron chi connectivity index (χ3n) is 4.19. The minimum Gasteiger partial charge on any atom is -0.357 e. The third-order valence-corrected chi connectivity index (χ3v) is 4.19. The summed E-state index contributed by atoms with van der Waals surface area (Å²) in [5.74, 6) is 0.740. The normalized spacial score (nSPS) is 13.2. The van der Waals surface area contributed by atoms with Gasteiger partial charge in [0.05, 0.1) is 0 Å². The molecule has 128 valence electrons. The van der Waals surface area contributed by atoms with Gasteiger partial charge in [-0.3, -0.25) is 4.79 Å². The number of rotatable bonds is 7. The van der Waals surface area contributed by atoms with Crippen LogP contribution in [0.1, 0.15) is 31.9 Å². The molecule has 5 nitrogen and oxygen atoms in total. The van der Waals surface area contributed by atoms with Gasteiger partial charge >= 0.3 is 0 Å². The predicted octanol–water partition coefficient (Wildman–Crippen LogP) is 2.42. The summed E-state index contributed by atoms with van der Waals surface area (Å²) in [5, 5.41) is 2.90. The zero-order valence-electron chi connectivity index (χ0n) is 14.6. The highest BCUT2D eigenvalue weighted by Gasteiger charge is 2.29. The highest BCUT2D eigenvalue weighted by atomic mass is 16.2. The minimum atomic E-state index is -1.06. The van der Waals surface area contributed by atoms with Gasteiger partial charge in [-0.1, -0.05) is 36.4 Å². The second-order valence-corrected chi connectivity index (χ2v) is 5.95. The number of amides is 1. The van der Waals surface area contributed by atoms with E-state index in [4.69, 9.17) is 5.73 Å². The molecule has 0 spiro atoms. The summed E-state index contributed by atoms with van der Waals surface area (Å²) in [6.07, 6.45) is 1.80. The van der Waals surface area contributed by atoms with Crippen LogP contribution in [0.25, 0.3) is 0 Å². The van der Waals surface area contributed by atoms with Crippen LogP contribution in [0.5, 0.6) is 0 Å². The van der Waals surface area contributed by atoms with Gasteiger partial charge in [0.1, 0.15) is 11.4 Å². The number of nitrogens with one attached hydrogen (secondary N) is 1. The van der Waals surface area contributed by atoms with E-state index in [0.29, 0.717) is 6.54 Å². The molecule has 3 N–H and O–H groups in total. The van der Waals surface area contributed by atoms with Crippen molar-refractivity contribution < 1.29 is 4.79 Å². The van der Waals surface area contributed by atoms with Crippen LogP contribution >= 0.6 is 0 Å². The smallest absolute Gasteiger partial charge is 0.244 e. The Balaban J connectivity index is 1.99. The molecule has 0 aliphatic heterocycles. The summed E-state index contributed by atoms with van der Waals surface area (Å²) in [6.45, 7) is 8.17. The summed E-state index contributed by atoms with van der Waals surface area (Å²) in [5.41, 5.74) is 6.89. The third kappa shape index (κ3) is 4.11. The first kappa shape index (κ1) is 17.9. The van der Waals surface area contributed by atoms with Gasteiger partial charge in [0.2, 0.25) is 5.91 Å². The van der Waals surface area contributed by atoms with E-state index in [1.807, 2.05) is 42.5 Å². The number of carbonyl (C=O) groups is 1. The van der Waals surface area contributed by atoms with Crippen molar-refractivity contribution in [1.82, 2.24) is 10.3 Å². The zero-order chi connectivity index (χ0) is 17.6. The first-order valence-electron chi connectivity index (χ1n) is 8.31. The molecular formula is C19H26N4O. The van der Waals surface area contributed by atoms with Crippen molar-refractivity contribution in [2.45, 2.75) is 32.9 Å². The Bertz CT molecular complexity index is 649. The summed E-state index contributed by atoms with van der Waals surface area (Å²) >= 11 is 0. The van der Waals surface area contributed by atoms with Crippen molar-refractivity contribution in [2.24, 2.45) is 5.73 Å². The topological polar surface area (TPSA) is 71.2 Å². The van der Waals surface area contributed by atoms with E-state index >= 15 is 0 Å². The Labute approximate surface area is 143 Å². The Morgan fingerprint density at radius 2 is 1.83 bits per heavy atom. The lowest BCUT2D eigenvalue weighted by Gasteiger charge is -2.24. The second kappa shape index (κ2) is 7.93. The van der Waals surface area contributed by atoms with Gasteiger partial charge < -0.3 is 16.0 Å². The Morgan fingerprint density at radius 3 is 2.38 bits per heavy atom. The van der Waals surface area contributed by atoms with Gasteiger partial charge in [0.15, 0.2) is 0 Å². The van der Waals surface area contributed by atoms with E-state index in [1.165, 1.54) is 0 Å². The number of nitrogens with two attached hydrogens (primary N) is 1. The SMILES string of the molecule is CCN(CC)c1ccc(CNC(=O)C(C)(N)c2ccccc2)cn1. The first-order valence-corrected chi connectivity index (χ1v) is 8.31. The highest BCUT2D eigenvalue weighted by Crippen LogP contribution is 2.17. The fourth-order valence-corrected chi connectivity index (χ4v) is 2.54. The Hall–Kier alpha value is -2.40. The van der Waals surface area contributed by atoms with Crippen molar-refractivity contribution >= 4 is 11.7 Å². The summed E-state index contributed by atoms with van der Waals surface area (Å²) in [7, 11) is 0. The van der Waals surface area contributed by atoms with Crippen molar-refractivity contribution in [3.63, 3.8) is 0 Å². The van der Waals surface area contributed by atoms with Gasteiger partial charge in [-0.2, -0.15) is 0 Å². The van der Waals surface area contributed by atoms with Gasteiger partial charge in [-0.05, 0) is 38.0 Å². The van der Waals surface area contributed by atoms with Crippen molar-refractivity contribution in [1.29, 1.82) is 0 Å². The molecule has 0 saturated carbocycles. The Kier molecular flexibility index (Phi) is 5.93. The molecule has 1 heterocycles.